The minimum atomic E-state index is -0.292. The number of fused-ring (bicyclic) bond motifs is 1. The van der Waals surface area contributed by atoms with Crippen molar-refractivity contribution in [2.45, 2.75) is 32.1 Å². The molecule has 1 aromatic heterocycles. The van der Waals surface area contributed by atoms with Gasteiger partial charge in [-0.3, -0.25) is 4.79 Å². The van der Waals surface area contributed by atoms with Gasteiger partial charge >= 0.3 is 0 Å². The lowest BCUT2D eigenvalue weighted by molar-refractivity contribution is -0.118. The third kappa shape index (κ3) is 4.29. The topological polar surface area (TPSA) is 68.0 Å². The third-order valence-corrected chi connectivity index (χ3v) is 6.13. The molecule has 0 saturated heterocycles. The molecule has 1 saturated carbocycles. The first-order chi connectivity index (χ1) is 15.2. The number of nitrogens with one attached hydrogen (secondary N) is 1. The Morgan fingerprint density at radius 2 is 1.87 bits per heavy atom. The number of halogens is 1. The number of carbonyl (C=O) groups excluding carboxylic acids is 1. The van der Waals surface area contributed by atoms with Crippen LogP contribution in [0.4, 0.5) is 15.8 Å². The first-order valence-electron chi connectivity index (χ1n) is 10.3. The van der Waals surface area contributed by atoms with Crippen molar-refractivity contribution < 1.29 is 13.9 Å². The van der Waals surface area contributed by atoms with Gasteiger partial charge in [0.15, 0.2) is 6.61 Å². The average Bonchev–Trinajstić information content (AvgIpc) is 3.17. The molecule has 1 fully saturated rings. The van der Waals surface area contributed by atoms with Crippen molar-refractivity contribution in [2.75, 3.05) is 11.9 Å². The molecule has 31 heavy (non-hydrogen) atoms. The second-order valence-electron chi connectivity index (χ2n) is 7.58. The van der Waals surface area contributed by atoms with Crippen LogP contribution in [-0.4, -0.2) is 22.9 Å². The Morgan fingerprint density at radius 1 is 1.06 bits per heavy atom. The van der Waals surface area contributed by atoms with Crippen molar-refractivity contribution in [1.29, 1.82) is 0 Å². The van der Waals surface area contributed by atoms with E-state index in [0.29, 0.717) is 21.9 Å². The fourth-order valence-corrected chi connectivity index (χ4v) is 4.59. The van der Waals surface area contributed by atoms with Crippen LogP contribution in [0, 0.1) is 5.82 Å². The number of nitrogens with zero attached hydrogens (tertiary/aromatic N) is 3. The van der Waals surface area contributed by atoms with E-state index in [4.69, 9.17) is 14.8 Å². The number of carbonyl (C=O) groups is 1. The molecular formula is C23H21FN4O2S. The van der Waals surface area contributed by atoms with Gasteiger partial charge < -0.3 is 10.1 Å². The molecule has 1 amide bonds. The molecule has 1 N–H and O–H groups in total. The van der Waals surface area contributed by atoms with Crippen LogP contribution in [0.25, 0.3) is 11.3 Å². The maximum absolute atomic E-state index is 13.3. The van der Waals surface area contributed by atoms with Crippen LogP contribution in [0.5, 0.6) is 5.75 Å². The maximum Gasteiger partial charge on any atom is 0.262 e. The van der Waals surface area contributed by atoms with E-state index in [9.17, 15) is 9.18 Å². The Balaban J connectivity index is 1.62. The van der Waals surface area contributed by atoms with Crippen LogP contribution in [0.15, 0.2) is 57.9 Å². The van der Waals surface area contributed by atoms with Crippen molar-refractivity contribution in [3.05, 3.63) is 58.5 Å². The molecule has 1 aliphatic carbocycles. The normalized spacial score (nSPS) is 16.5. The molecule has 0 unspecified atom stereocenters. The van der Waals surface area contributed by atoms with Crippen molar-refractivity contribution in [2.24, 2.45) is 10.1 Å². The van der Waals surface area contributed by atoms with Gasteiger partial charge in [0, 0.05) is 16.7 Å². The van der Waals surface area contributed by atoms with E-state index < -0.39 is 0 Å². The predicted octanol–water partition coefficient (Wildman–Crippen LogP) is 5.09. The summed E-state index contributed by atoms with van der Waals surface area (Å²) < 4.78 is 20.6. The number of amides is 1. The van der Waals surface area contributed by atoms with Crippen molar-refractivity contribution in [3.63, 3.8) is 0 Å². The van der Waals surface area contributed by atoms with E-state index in [2.05, 4.69) is 5.32 Å². The molecule has 2 aromatic carbocycles. The Hall–Kier alpha value is -3.26. The molecule has 2 aliphatic rings. The maximum atomic E-state index is 13.3. The number of ether oxygens (including phenoxy) is 1. The van der Waals surface area contributed by atoms with Gasteiger partial charge in [-0.1, -0.05) is 6.42 Å². The van der Waals surface area contributed by atoms with Gasteiger partial charge in [-0.2, -0.15) is 5.10 Å². The summed E-state index contributed by atoms with van der Waals surface area (Å²) in [5.41, 5.74) is 4.25. The average molecular weight is 437 g/mol. The van der Waals surface area contributed by atoms with Crippen LogP contribution < -0.4 is 14.9 Å². The highest BCUT2D eigenvalue weighted by atomic mass is 32.1. The summed E-state index contributed by atoms with van der Waals surface area (Å²) in [6, 6.07) is 11.8. The van der Waals surface area contributed by atoms with E-state index in [-0.39, 0.29) is 18.3 Å². The molecule has 6 nitrogen and oxygen atoms in total. The lowest BCUT2D eigenvalue weighted by Crippen LogP contribution is -2.25. The second-order valence-corrected chi connectivity index (χ2v) is 8.41. The van der Waals surface area contributed by atoms with Crippen LogP contribution in [0.1, 0.15) is 32.1 Å². The largest absolute Gasteiger partial charge is 0.482 e. The van der Waals surface area contributed by atoms with Gasteiger partial charge in [-0.25, -0.2) is 14.1 Å². The monoisotopic (exact) mass is 436 g/mol. The Bertz CT molecular complexity index is 1220. The number of hydrogen-bond donors (Lipinski definition) is 1. The van der Waals surface area contributed by atoms with Crippen LogP contribution in [0.2, 0.25) is 0 Å². The summed E-state index contributed by atoms with van der Waals surface area (Å²) in [4.78, 5) is 17.1. The zero-order valence-corrected chi connectivity index (χ0v) is 17.6. The Kier molecular flexibility index (Phi) is 5.38. The van der Waals surface area contributed by atoms with Crippen LogP contribution in [-0.2, 0) is 4.79 Å². The minimum Gasteiger partial charge on any atom is -0.482 e. The van der Waals surface area contributed by atoms with E-state index in [1.54, 1.807) is 12.1 Å². The van der Waals surface area contributed by atoms with Crippen LogP contribution >= 0.6 is 11.3 Å². The molecule has 0 atom stereocenters. The highest BCUT2D eigenvalue weighted by Gasteiger charge is 2.18. The summed E-state index contributed by atoms with van der Waals surface area (Å²) in [5, 5.41) is 9.81. The quantitative estimate of drug-likeness (QED) is 0.622. The number of benzene rings is 2. The van der Waals surface area contributed by atoms with Gasteiger partial charge in [0.1, 0.15) is 11.6 Å². The molecule has 0 bridgehead atoms. The number of thiazole rings is 1. The second kappa shape index (κ2) is 8.47. The fourth-order valence-electron chi connectivity index (χ4n) is 3.74. The summed E-state index contributed by atoms with van der Waals surface area (Å²) in [6.07, 6.45) is 5.48. The zero-order chi connectivity index (χ0) is 21.2. The van der Waals surface area contributed by atoms with Gasteiger partial charge in [-0.15, -0.1) is 11.3 Å². The van der Waals surface area contributed by atoms with E-state index >= 15 is 0 Å². The number of anilines is 1. The van der Waals surface area contributed by atoms with Crippen molar-refractivity contribution >= 4 is 34.3 Å². The fraction of sp³-hybridized carbons (Fsp3) is 0.261. The summed E-state index contributed by atoms with van der Waals surface area (Å²) in [6.45, 7) is 0.0269. The van der Waals surface area contributed by atoms with Gasteiger partial charge in [0.05, 0.1) is 17.1 Å². The number of hydrogen-bond acceptors (Lipinski definition) is 5. The molecule has 158 valence electrons. The third-order valence-electron chi connectivity index (χ3n) is 5.32. The smallest absolute Gasteiger partial charge is 0.262 e. The first-order valence-corrected chi connectivity index (χ1v) is 11.2. The summed E-state index contributed by atoms with van der Waals surface area (Å²) in [7, 11) is 0. The van der Waals surface area contributed by atoms with Crippen LogP contribution in [0.3, 0.4) is 0 Å². The lowest BCUT2D eigenvalue weighted by atomic mass is 9.99. The summed E-state index contributed by atoms with van der Waals surface area (Å²) in [5.74, 6) is 0.191. The Labute approximate surface area is 182 Å². The molecule has 0 spiro atoms. The van der Waals surface area contributed by atoms with E-state index in [1.165, 1.54) is 29.9 Å². The van der Waals surface area contributed by atoms with E-state index in [1.807, 2.05) is 28.3 Å². The molecule has 8 heteroatoms. The molecule has 2 heterocycles. The summed E-state index contributed by atoms with van der Waals surface area (Å²) >= 11 is 1.47. The SMILES string of the molecule is O=C1COc2ccc(-c3csc(=Nc4ccc(F)cc4)n3N=C3CCCCC3)cc2N1. The minimum absolute atomic E-state index is 0.0269. The highest BCUT2D eigenvalue weighted by molar-refractivity contribution is 7.07. The lowest BCUT2D eigenvalue weighted by Gasteiger charge is -2.18. The van der Waals surface area contributed by atoms with Crippen molar-refractivity contribution in [3.8, 4) is 17.0 Å². The zero-order valence-electron chi connectivity index (χ0n) is 16.8. The van der Waals surface area contributed by atoms with Gasteiger partial charge in [0.2, 0.25) is 4.80 Å². The number of aromatic nitrogens is 1. The van der Waals surface area contributed by atoms with E-state index in [0.717, 1.165) is 42.7 Å². The van der Waals surface area contributed by atoms with Gasteiger partial charge in [0.25, 0.3) is 5.91 Å². The molecule has 0 radical (unpaired) electrons. The molecule has 3 aromatic rings. The Morgan fingerprint density at radius 3 is 2.68 bits per heavy atom. The number of rotatable bonds is 3. The van der Waals surface area contributed by atoms with Gasteiger partial charge in [-0.05, 0) is 68.1 Å². The molecular weight excluding hydrogens is 415 g/mol. The highest BCUT2D eigenvalue weighted by Crippen LogP contribution is 2.33. The molecule has 1 aliphatic heterocycles. The first kappa shape index (κ1) is 19.7. The standard InChI is InChI=1S/C23H21FN4O2S/c24-16-7-9-17(10-8-16)25-23-28(27-18-4-2-1-3-5-18)20(14-31-23)15-6-11-21-19(12-15)26-22(29)13-30-21/h6-12,14H,1-5,13H2,(H,26,29). The van der Waals surface area contributed by atoms with Crippen molar-refractivity contribution in [1.82, 2.24) is 4.68 Å². The predicted molar refractivity (Wildman–Crippen MR) is 119 cm³/mol. The molecule has 5 rings (SSSR count).